The first-order chi connectivity index (χ1) is 12.3. The fraction of sp³-hybridized carbons (Fsp3) is 0.444. The number of hydrogen-bond acceptors (Lipinski definition) is 8. The molecule has 26 heavy (non-hydrogen) atoms. The van der Waals surface area contributed by atoms with Crippen molar-refractivity contribution in [2.75, 3.05) is 21.3 Å². The Morgan fingerprint density at radius 2 is 1.69 bits per heavy atom. The molecule has 8 heteroatoms. The van der Waals surface area contributed by atoms with Gasteiger partial charge in [0.1, 0.15) is 5.76 Å². The standard InChI is InChI=1S/C18H22O8/c1-12(15(20)23-2)8-5-6-11-18(16(21)24-3,17(22)25-4)13-9-7-10-14(19)26-13/h7-10H,5-6,11H2,1-4H3/b12-8+. The van der Waals surface area contributed by atoms with E-state index in [-0.39, 0.29) is 12.2 Å². The molecule has 142 valence electrons. The number of rotatable bonds is 8. The molecule has 1 heterocycles. The zero-order chi connectivity index (χ0) is 19.7. The van der Waals surface area contributed by atoms with Crippen LogP contribution >= 0.6 is 0 Å². The highest BCUT2D eigenvalue weighted by atomic mass is 16.5. The molecule has 0 aromatic carbocycles. The normalized spacial score (nSPS) is 11.6. The summed E-state index contributed by atoms with van der Waals surface area (Å²) in [6.45, 7) is 1.59. The van der Waals surface area contributed by atoms with Gasteiger partial charge in [0.05, 0.1) is 21.3 Å². The van der Waals surface area contributed by atoms with Gasteiger partial charge in [0.15, 0.2) is 0 Å². The van der Waals surface area contributed by atoms with Gasteiger partial charge >= 0.3 is 23.5 Å². The van der Waals surface area contributed by atoms with Crippen molar-refractivity contribution in [3.05, 3.63) is 46.0 Å². The predicted octanol–water partition coefficient (Wildman–Crippen LogP) is 1.51. The molecule has 0 amide bonds. The van der Waals surface area contributed by atoms with Gasteiger partial charge in [0.25, 0.3) is 0 Å². The monoisotopic (exact) mass is 366 g/mol. The Bertz CT molecular complexity index is 728. The first kappa shape index (κ1) is 21.1. The Morgan fingerprint density at radius 3 is 2.19 bits per heavy atom. The molecule has 0 aliphatic heterocycles. The van der Waals surface area contributed by atoms with E-state index >= 15 is 0 Å². The van der Waals surface area contributed by atoms with Gasteiger partial charge in [-0.15, -0.1) is 0 Å². The molecule has 1 aromatic heterocycles. The number of ether oxygens (including phenoxy) is 3. The molecule has 0 bridgehead atoms. The van der Waals surface area contributed by atoms with Gasteiger partial charge in [-0.2, -0.15) is 0 Å². The van der Waals surface area contributed by atoms with Crippen LogP contribution in [-0.4, -0.2) is 39.2 Å². The second kappa shape index (κ2) is 9.55. The van der Waals surface area contributed by atoms with Crippen molar-refractivity contribution in [1.29, 1.82) is 0 Å². The van der Waals surface area contributed by atoms with Crippen LogP contribution in [0.15, 0.2) is 39.1 Å². The number of carbonyl (C=O) groups excluding carboxylic acids is 3. The van der Waals surface area contributed by atoms with E-state index in [2.05, 4.69) is 4.74 Å². The van der Waals surface area contributed by atoms with E-state index in [1.54, 1.807) is 13.0 Å². The second-order valence-corrected chi connectivity index (χ2v) is 5.47. The van der Waals surface area contributed by atoms with Crippen LogP contribution in [0, 0.1) is 0 Å². The van der Waals surface area contributed by atoms with E-state index in [4.69, 9.17) is 13.9 Å². The van der Waals surface area contributed by atoms with Gasteiger partial charge in [-0.3, -0.25) is 9.59 Å². The third-order valence-corrected chi connectivity index (χ3v) is 3.89. The van der Waals surface area contributed by atoms with E-state index in [0.29, 0.717) is 18.4 Å². The van der Waals surface area contributed by atoms with Crippen LogP contribution in [0.4, 0.5) is 0 Å². The highest BCUT2D eigenvalue weighted by Gasteiger charge is 2.52. The van der Waals surface area contributed by atoms with Crippen molar-refractivity contribution in [2.24, 2.45) is 0 Å². The molecule has 1 rings (SSSR count). The first-order valence-electron chi connectivity index (χ1n) is 7.86. The van der Waals surface area contributed by atoms with Crippen LogP contribution in [0.2, 0.25) is 0 Å². The number of methoxy groups -OCH3 is 3. The minimum absolute atomic E-state index is 0.0374. The molecular formula is C18H22O8. The molecule has 0 saturated carbocycles. The summed E-state index contributed by atoms with van der Waals surface area (Å²) in [7, 11) is 3.53. The molecule has 0 radical (unpaired) electrons. The molecule has 0 aliphatic carbocycles. The smallest absolute Gasteiger partial charge is 0.335 e. The summed E-state index contributed by atoms with van der Waals surface area (Å²) < 4.78 is 19.2. The summed E-state index contributed by atoms with van der Waals surface area (Å²) in [6, 6.07) is 3.89. The maximum Gasteiger partial charge on any atom is 0.335 e. The third-order valence-electron chi connectivity index (χ3n) is 3.89. The van der Waals surface area contributed by atoms with Crippen LogP contribution in [0.25, 0.3) is 0 Å². The lowest BCUT2D eigenvalue weighted by atomic mass is 9.79. The van der Waals surface area contributed by atoms with Crippen LogP contribution in [0.1, 0.15) is 31.9 Å². The zero-order valence-electron chi connectivity index (χ0n) is 15.2. The Kier molecular flexibility index (Phi) is 7.77. The highest BCUT2D eigenvalue weighted by Crippen LogP contribution is 2.33. The molecule has 0 aliphatic rings. The summed E-state index contributed by atoms with van der Waals surface area (Å²) in [6.07, 6.45) is 2.29. The third kappa shape index (κ3) is 4.59. The molecular weight excluding hydrogens is 344 g/mol. The zero-order valence-corrected chi connectivity index (χ0v) is 15.2. The summed E-state index contributed by atoms with van der Waals surface area (Å²) in [4.78, 5) is 47.8. The Hall–Kier alpha value is -2.90. The lowest BCUT2D eigenvalue weighted by Gasteiger charge is -2.26. The van der Waals surface area contributed by atoms with Crippen molar-refractivity contribution >= 4 is 17.9 Å². The van der Waals surface area contributed by atoms with E-state index in [0.717, 1.165) is 20.3 Å². The molecule has 0 fully saturated rings. The molecule has 0 N–H and O–H groups in total. The van der Waals surface area contributed by atoms with Crippen LogP contribution < -0.4 is 5.63 Å². The largest absolute Gasteiger partial charge is 0.468 e. The average molecular weight is 366 g/mol. The van der Waals surface area contributed by atoms with Crippen LogP contribution in [0.5, 0.6) is 0 Å². The second-order valence-electron chi connectivity index (χ2n) is 5.47. The number of hydrogen-bond donors (Lipinski definition) is 0. The van der Waals surface area contributed by atoms with Gasteiger partial charge in [0, 0.05) is 11.6 Å². The van der Waals surface area contributed by atoms with Crippen molar-refractivity contribution < 1.29 is 33.0 Å². The Labute approximate surface area is 150 Å². The summed E-state index contributed by atoms with van der Waals surface area (Å²) >= 11 is 0. The van der Waals surface area contributed by atoms with E-state index in [9.17, 15) is 19.2 Å². The summed E-state index contributed by atoms with van der Waals surface area (Å²) in [5.41, 5.74) is -2.21. The van der Waals surface area contributed by atoms with Gasteiger partial charge in [-0.1, -0.05) is 12.1 Å². The van der Waals surface area contributed by atoms with Gasteiger partial charge in [-0.25, -0.2) is 9.59 Å². The van der Waals surface area contributed by atoms with Crippen molar-refractivity contribution in [2.45, 2.75) is 31.6 Å². The van der Waals surface area contributed by atoms with Gasteiger partial charge < -0.3 is 18.6 Å². The van der Waals surface area contributed by atoms with Crippen molar-refractivity contribution in [1.82, 2.24) is 0 Å². The topological polar surface area (TPSA) is 109 Å². The predicted molar refractivity (Wildman–Crippen MR) is 90.3 cm³/mol. The van der Waals surface area contributed by atoms with Crippen molar-refractivity contribution in [3.63, 3.8) is 0 Å². The van der Waals surface area contributed by atoms with E-state index in [1.807, 2.05) is 0 Å². The summed E-state index contributed by atoms with van der Waals surface area (Å²) in [5.74, 6) is -2.41. The lowest BCUT2D eigenvalue weighted by Crippen LogP contribution is -2.46. The van der Waals surface area contributed by atoms with E-state index < -0.39 is 28.9 Å². The van der Waals surface area contributed by atoms with E-state index in [1.165, 1.54) is 19.2 Å². The number of allylic oxidation sites excluding steroid dienone is 1. The number of carbonyl (C=O) groups is 3. The fourth-order valence-corrected chi connectivity index (χ4v) is 2.51. The summed E-state index contributed by atoms with van der Waals surface area (Å²) in [5, 5.41) is 0. The number of unbranched alkanes of at least 4 members (excludes halogenated alkanes) is 1. The minimum atomic E-state index is -1.91. The first-order valence-corrected chi connectivity index (χ1v) is 7.86. The average Bonchev–Trinajstić information content (AvgIpc) is 2.66. The maximum atomic E-state index is 12.5. The van der Waals surface area contributed by atoms with Crippen LogP contribution in [-0.2, 0) is 34.0 Å². The highest BCUT2D eigenvalue weighted by molar-refractivity contribution is 6.05. The minimum Gasteiger partial charge on any atom is -0.468 e. The SMILES string of the molecule is COC(=O)/C(C)=C/CCCC(C(=O)OC)(C(=O)OC)c1cccc(=O)o1. The fourth-order valence-electron chi connectivity index (χ4n) is 2.51. The number of esters is 3. The molecule has 1 aromatic rings. The maximum absolute atomic E-state index is 12.5. The molecule has 0 atom stereocenters. The van der Waals surface area contributed by atoms with Gasteiger partial charge in [-0.05, 0) is 32.3 Å². The molecule has 0 unspecified atom stereocenters. The van der Waals surface area contributed by atoms with Gasteiger partial charge in [0.2, 0.25) is 5.41 Å². The Balaban J connectivity index is 3.20. The van der Waals surface area contributed by atoms with Crippen molar-refractivity contribution in [3.8, 4) is 0 Å². The molecule has 0 spiro atoms. The quantitative estimate of drug-likeness (QED) is 0.224. The van der Waals surface area contributed by atoms with Crippen LogP contribution in [0.3, 0.4) is 0 Å². The Morgan fingerprint density at radius 1 is 1.08 bits per heavy atom. The lowest BCUT2D eigenvalue weighted by molar-refractivity contribution is -0.163. The molecule has 0 saturated heterocycles. The molecule has 8 nitrogen and oxygen atoms in total.